The zero-order valence-corrected chi connectivity index (χ0v) is 11.8. The van der Waals surface area contributed by atoms with E-state index in [0.717, 1.165) is 0 Å². The average molecular weight is 272 g/mol. The Balaban J connectivity index is 3.37. The lowest BCUT2D eigenvalue weighted by Crippen LogP contribution is -2.19. The van der Waals surface area contributed by atoms with Crippen molar-refractivity contribution in [2.45, 2.75) is 33.7 Å². The predicted molar refractivity (Wildman–Crippen MR) is 73.1 cm³/mol. The zero-order chi connectivity index (χ0) is 13.9. The third-order valence-electron chi connectivity index (χ3n) is 2.28. The van der Waals surface area contributed by atoms with Gasteiger partial charge in [-0.05, 0) is 27.7 Å². The molecule has 6 heteroatoms. The highest BCUT2D eigenvalue weighted by Crippen LogP contribution is 2.32. The molecular formula is C12H18ClN3O2. The van der Waals surface area contributed by atoms with Crippen molar-refractivity contribution in [1.29, 1.82) is 0 Å². The molecule has 0 amide bonds. The summed E-state index contributed by atoms with van der Waals surface area (Å²) in [7, 11) is 0. The van der Waals surface area contributed by atoms with Crippen LogP contribution >= 0.6 is 11.6 Å². The fraction of sp³-hybridized carbons (Fsp3) is 0.500. The lowest BCUT2D eigenvalue weighted by atomic mass is 10.1. The van der Waals surface area contributed by atoms with Gasteiger partial charge in [0.15, 0.2) is 5.15 Å². The summed E-state index contributed by atoms with van der Waals surface area (Å²) in [4.78, 5) is 16.0. The summed E-state index contributed by atoms with van der Waals surface area (Å²) in [6, 6.07) is 0.110. The summed E-state index contributed by atoms with van der Waals surface area (Å²) in [6.45, 7) is 7.62. The van der Waals surface area contributed by atoms with E-state index >= 15 is 0 Å². The Labute approximate surface area is 112 Å². The largest absolute Gasteiger partial charge is 0.462 e. The highest BCUT2D eigenvalue weighted by atomic mass is 35.5. The third-order valence-corrected chi connectivity index (χ3v) is 2.57. The average Bonchev–Trinajstić information content (AvgIpc) is 2.25. The molecule has 0 aromatic carbocycles. The van der Waals surface area contributed by atoms with Crippen LogP contribution in [-0.2, 0) is 4.74 Å². The lowest BCUT2D eigenvalue weighted by molar-refractivity contribution is 0.0526. The Bertz CT molecular complexity index is 461. The molecule has 0 fully saturated rings. The second-order valence-electron chi connectivity index (χ2n) is 4.17. The first kappa shape index (κ1) is 14.6. The van der Waals surface area contributed by atoms with Gasteiger partial charge >= 0.3 is 5.97 Å². The van der Waals surface area contributed by atoms with E-state index in [-0.39, 0.29) is 16.9 Å². The summed E-state index contributed by atoms with van der Waals surface area (Å²) in [5.74, 6) is -0.450. The lowest BCUT2D eigenvalue weighted by Gasteiger charge is -2.18. The molecule has 0 aliphatic heterocycles. The topological polar surface area (TPSA) is 77.2 Å². The number of nitrogens with one attached hydrogen (secondary N) is 1. The van der Waals surface area contributed by atoms with Crippen LogP contribution in [-0.4, -0.2) is 23.6 Å². The molecule has 5 nitrogen and oxygen atoms in total. The van der Waals surface area contributed by atoms with Crippen LogP contribution in [0.5, 0.6) is 0 Å². The number of carbonyl (C=O) groups is 1. The molecule has 0 aliphatic carbocycles. The highest BCUT2D eigenvalue weighted by Gasteiger charge is 2.22. The molecule has 0 saturated carbocycles. The van der Waals surface area contributed by atoms with Crippen molar-refractivity contribution in [3.05, 3.63) is 16.4 Å². The number of carbonyl (C=O) groups excluding carboxylic acids is 1. The number of hydrogen-bond acceptors (Lipinski definition) is 5. The quantitative estimate of drug-likeness (QED) is 0.650. The molecule has 1 rings (SSSR count). The molecule has 0 unspecified atom stereocenters. The first-order valence-electron chi connectivity index (χ1n) is 5.77. The van der Waals surface area contributed by atoms with Crippen LogP contribution in [0.1, 0.15) is 36.8 Å². The maximum atomic E-state index is 11.9. The van der Waals surface area contributed by atoms with Crippen molar-refractivity contribution in [2.24, 2.45) is 0 Å². The Hall–Kier alpha value is -1.49. The number of pyridine rings is 1. The predicted octanol–water partition coefficient (Wildman–Crippen LogP) is 2.62. The van der Waals surface area contributed by atoms with Gasteiger partial charge in [-0.1, -0.05) is 11.6 Å². The first-order chi connectivity index (χ1) is 8.38. The number of nitrogens with zero attached hydrogens (tertiary/aromatic N) is 1. The summed E-state index contributed by atoms with van der Waals surface area (Å²) in [5, 5.41) is 3.30. The van der Waals surface area contributed by atoms with Gasteiger partial charge in [-0.2, -0.15) is 0 Å². The van der Waals surface area contributed by atoms with Crippen LogP contribution < -0.4 is 11.1 Å². The number of anilines is 2. The molecule has 0 saturated heterocycles. The molecule has 0 atom stereocenters. The van der Waals surface area contributed by atoms with E-state index in [1.54, 1.807) is 13.8 Å². The number of hydrogen-bond donors (Lipinski definition) is 2. The van der Waals surface area contributed by atoms with E-state index < -0.39 is 5.97 Å². The Morgan fingerprint density at radius 2 is 2.17 bits per heavy atom. The van der Waals surface area contributed by atoms with E-state index in [1.807, 2.05) is 13.8 Å². The smallest absolute Gasteiger partial charge is 0.342 e. The van der Waals surface area contributed by atoms with Crippen molar-refractivity contribution in [2.75, 3.05) is 17.7 Å². The van der Waals surface area contributed by atoms with Gasteiger partial charge < -0.3 is 15.8 Å². The monoisotopic (exact) mass is 271 g/mol. The Morgan fingerprint density at radius 1 is 1.56 bits per heavy atom. The van der Waals surface area contributed by atoms with Crippen LogP contribution in [0.3, 0.4) is 0 Å². The molecule has 0 radical (unpaired) electrons. The normalized spacial score (nSPS) is 10.6. The second kappa shape index (κ2) is 5.91. The van der Waals surface area contributed by atoms with Crippen LogP contribution in [0.25, 0.3) is 0 Å². The molecule has 0 aliphatic rings. The maximum absolute atomic E-state index is 11.9. The standard InChI is InChI=1S/C12H18ClN3O2/c1-5-18-12(17)8-7(4)16-11(13)9(14)10(8)15-6(2)3/h6H,5,14H2,1-4H3,(H,15,16). The molecule has 1 heterocycles. The SMILES string of the molecule is CCOC(=O)c1c(C)nc(Cl)c(N)c1NC(C)C. The molecule has 18 heavy (non-hydrogen) atoms. The molecule has 1 aromatic rings. The third kappa shape index (κ3) is 3.04. The number of nitrogen functional groups attached to an aromatic ring is 1. The fourth-order valence-corrected chi connectivity index (χ4v) is 1.79. The van der Waals surface area contributed by atoms with Crippen LogP contribution in [0, 0.1) is 6.92 Å². The van der Waals surface area contributed by atoms with Gasteiger partial charge in [-0.25, -0.2) is 9.78 Å². The van der Waals surface area contributed by atoms with E-state index in [1.165, 1.54) is 0 Å². The first-order valence-corrected chi connectivity index (χ1v) is 6.15. The number of rotatable bonds is 4. The molecule has 1 aromatic heterocycles. The molecule has 0 spiro atoms. The van der Waals surface area contributed by atoms with Crippen molar-refractivity contribution < 1.29 is 9.53 Å². The zero-order valence-electron chi connectivity index (χ0n) is 11.0. The van der Waals surface area contributed by atoms with Crippen LogP contribution in [0.4, 0.5) is 11.4 Å². The van der Waals surface area contributed by atoms with E-state index in [2.05, 4.69) is 10.3 Å². The summed E-state index contributed by atoms with van der Waals surface area (Å²) < 4.78 is 5.01. The van der Waals surface area contributed by atoms with E-state index in [9.17, 15) is 4.79 Å². The van der Waals surface area contributed by atoms with E-state index in [0.29, 0.717) is 23.6 Å². The van der Waals surface area contributed by atoms with Crippen LogP contribution in [0.2, 0.25) is 5.15 Å². The number of aryl methyl sites for hydroxylation is 1. The Kier molecular flexibility index (Phi) is 4.78. The van der Waals surface area contributed by atoms with Gasteiger partial charge in [0.1, 0.15) is 5.56 Å². The van der Waals surface area contributed by atoms with Gasteiger partial charge in [0.2, 0.25) is 0 Å². The van der Waals surface area contributed by atoms with Gasteiger partial charge in [0.25, 0.3) is 0 Å². The van der Waals surface area contributed by atoms with Crippen molar-refractivity contribution in [1.82, 2.24) is 4.98 Å². The number of ether oxygens (including phenoxy) is 1. The van der Waals surface area contributed by atoms with Crippen molar-refractivity contribution in [3.8, 4) is 0 Å². The summed E-state index contributed by atoms with van der Waals surface area (Å²) >= 11 is 5.93. The van der Waals surface area contributed by atoms with Crippen molar-refractivity contribution >= 4 is 28.9 Å². The molecule has 3 N–H and O–H groups in total. The Morgan fingerprint density at radius 3 is 2.67 bits per heavy atom. The van der Waals surface area contributed by atoms with Gasteiger partial charge in [-0.3, -0.25) is 0 Å². The summed E-state index contributed by atoms with van der Waals surface area (Å²) in [5.41, 5.74) is 7.46. The summed E-state index contributed by atoms with van der Waals surface area (Å²) in [6.07, 6.45) is 0. The van der Waals surface area contributed by atoms with Crippen LogP contribution in [0.15, 0.2) is 0 Å². The number of esters is 1. The molecule has 0 bridgehead atoms. The number of nitrogens with two attached hydrogens (primary N) is 1. The maximum Gasteiger partial charge on any atom is 0.342 e. The molecular weight excluding hydrogens is 254 g/mol. The van der Waals surface area contributed by atoms with Crippen molar-refractivity contribution in [3.63, 3.8) is 0 Å². The number of halogens is 1. The van der Waals surface area contributed by atoms with Gasteiger partial charge in [0, 0.05) is 6.04 Å². The highest BCUT2D eigenvalue weighted by molar-refractivity contribution is 6.33. The number of aromatic nitrogens is 1. The minimum Gasteiger partial charge on any atom is -0.462 e. The minimum absolute atomic E-state index is 0.110. The second-order valence-corrected chi connectivity index (χ2v) is 4.53. The van der Waals surface area contributed by atoms with Gasteiger partial charge in [0.05, 0.1) is 23.7 Å². The fourth-order valence-electron chi connectivity index (χ4n) is 1.57. The minimum atomic E-state index is -0.450. The molecule has 100 valence electrons. The van der Waals surface area contributed by atoms with Gasteiger partial charge in [-0.15, -0.1) is 0 Å². The van der Waals surface area contributed by atoms with E-state index in [4.69, 9.17) is 22.1 Å².